The van der Waals surface area contributed by atoms with E-state index in [-0.39, 0.29) is 0 Å². The number of nitrogens with one attached hydrogen (secondary N) is 1. The van der Waals surface area contributed by atoms with Gasteiger partial charge in [-0.25, -0.2) is 4.99 Å². The van der Waals surface area contributed by atoms with E-state index >= 15 is 0 Å². The molecule has 0 aromatic heterocycles. The Morgan fingerprint density at radius 1 is 0.966 bits per heavy atom. The van der Waals surface area contributed by atoms with Crippen LogP contribution < -0.4 is 10.7 Å². The molecule has 5 nitrogen and oxygen atoms in total. The second kappa shape index (κ2) is 6.10. The van der Waals surface area contributed by atoms with Crippen LogP contribution in [0.15, 0.2) is 60.7 Å². The van der Waals surface area contributed by atoms with Gasteiger partial charge in [0.1, 0.15) is 0 Å². The lowest BCUT2D eigenvalue weighted by Gasteiger charge is -2.30. The highest BCUT2D eigenvalue weighted by Gasteiger charge is 3.02. The molecule has 6 heteroatoms. The highest BCUT2D eigenvalue weighted by molar-refractivity contribution is 8.00. The van der Waals surface area contributed by atoms with E-state index in [1.807, 2.05) is 36.4 Å². The number of benzene rings is 2. The molecule has 1 aliphatic carbocycles. The maximum absolute atomic E-state index is 10.6. The molecule has 3 aliphatic rings. The molecule has 0 bridgehead atoms. The smallest absolute Gasteiger partial charge is 0.277 e. The maximum Gasteiger partial charge on any atom is 0.277 e. The molecular formula is C23H21N4OS+. The van der Waals surface area contributed by atoms with Gasteiger partial charge in [-0.3, -0.25) is 5.73 Å². The predicted molar refractivity (Wildman–Crippen MR) is 110 cm³/mol. The van der Waals surface area contributed by atoms with Crippen molar-refractivity contribution in [3.8, 4) is 12.1 Å². The molecule has 0 radical (unpaired) electrons. The van der Waals surface area contributed by atoms with Gasteiger partial charge in [-0.05, 0) is 24.0 Å². The summed E-state index contributed by atoms with van der Waals surface area (Å²) >= 11 is 1.56. The van der Waals surface area contributed by atoms with Crippen molar-refractivity contribution in [1.29, 1.82) is 10.5 Å². The standard InChI is InChI=1S/C23H20N4OS/c24-15-21-19(26)27-23(28-11-12-29-23)22(21,16-25)20(21,13-17-7-3-1-4-8-17)14-18-9-5-2-6-10-18/h1-10H,11-14H2,(H2,26,27)/p+1/t21-,22+,23+/m0/s1. The van der Waals surface area contributed by atoms with Crippen LogP contribution in [0.25, 0.3) is 0 Å². The number of nitrogens with zero attached hydrogens (tertiary/aromatic N) is 2. The third-order valence-electron chi connectivity index (χ3n) is 6.86. The Balaban J connectivity index is 1.73. The van der Waals surface area contributed by atoms with Crippen LogP contribution in [0.2, 0.25) is 0 Å². The molecule has 2 aromatic rings. The summed E-state index contributed by atoms with van der Waals surface area (Å²) in [5.41, 5.74) is 5.82. The van der Waals surface area contributed by atoms with Gasteiger partial charge in [-0.2, -0.15) is 10.5 Å². The van der Waals surface area contributed by atoms with E-state index in [2.05, 4.69) is 41.4 Å². The highest BCUT2D eigenvalue weighted by Crippen LogP contribution is 2.85. The number of hydrogen-bond acceptors (Lipinski definition) is 5. The van der Waals surface area contributed by atoms with Gasteiger partial charge in [0.25, 0.3) is 10.9 Å². The number of ether oxygens (including phenoxy) is 1. The Labute approximate surface area is 174 Å². The zero-order valence-corrected chi connectivity index (χ0v) is 16.7. The summed E-state index contributed by atoms with van der Waals surface area (Å²) in [7, 11) is 0. The van der Waals surface area contributed by atoms with E-state index in [0.717, 1.165) is 16.9 Å². The molecule has 2 heterocycles. The van der Waals surface area contributed by atoms with Crippen LogP contribution in [-0.2, 0) is 17.6 Å². The number of fused-ring (bicyclic) bond motifs is 2. The summed E-state index contributed by atoms with van der Waals surface area (Å²) in [5, 5.41) is 20.1. The zero-order valence-electron chi connectivity index (χ0n) is 15.9. The monoisotopic (exact) mass is 401 g/mol. The molecule has 0 unspecified atom stereocenters. The van der Waals surface area contributed by atoms with Crippen LogP contribution in [0.1, 0.15) is 11.1 Å². The first-order valence-electron chi connectivity index (χ1n) is 9.71. The Kier molecular flexibility index (Phi) is 3.84. The minimum atomic E-state index is -1.11. The minimum Gasteiger partial charge on any atom is -0.327 e. The SMILES string of the molecule is N#C[C@@]12C(Cc3ccccc3)(Cc3ccccc3)[C@]1(C#N)C(N)=[NH+][C@@]21OCCS1. The molecule has 144 valence electrons. The molecule has 29 heavy (non-hydrogen) atoms. The van der Waals surface area contributed by atoms with Crippen molar-refractivity contribution in [3.05, 3.63) is 71.8 Å². The van der Waals surface area contributed by atoms with E-state index in [1.54, 1.807) is 11.8 Å². The van der Waals surface area contributed by atoms with Crippen LogP contribution in [0, 0.1) is 38.9 Å². The summed E-state index contributed by atoms with van der Waals surface area (Å²) in [5.74, 6) is 1.13. The molecule has 2 fully saturated rings. The van der Waals surface area contributed by atoms with Crippen LogP contribution in [0.5, 0.6) is 0 Å². The van der Waals surface area contributed by atoms with Crippen LogP contribution in [0.4, 0.5) is 0 Å². The first kappa shape index (κ1) is 18.2. The van der Waals surface area contributed by atoms with Gasteiger partial charge in [0.05, 0.1) is 18.7 Å². The fourth-order valence-electron chi connectivity index (χ4n) is 5.78. The lowest BCUT2D eigenvalue weighted by Crippen LogP contribution is -2.88. The van der Waals surface area contributed by atoms with E-state index in [1.165, 1.54) is 0 Å². The van der Waals surface area contributed by atoms with Gasteiger partial charge >= 0.3 is 0 Å². The molecule has 5 rings (SSSR count). The average Bonchev–Trinajstić information content (AvgIpc) is 3.01. The number of amidine groups is 1. The third-order valence-corrected chi connectivity index (χ3v) is 8.16. The van der Waals surface area contributed by atoms with Crippen molar-refractivity contribution in [2.45, 2.75) is 17.9 Å². The van der Waals surface area contributed by atoms with Crippen molar-refractivity contribution in [2.75, 3.05) is 12.4 Å². The van der Waals surface area contributed by atoms with Gasteiger partial charge in [-0.1, -0.05) is 72.4 Å². The van der Waals surface area contributed by atoms with Crippen LogP contribution in [0.3, 0.4) is 0 Å². The molecular weight excluding hydrogens is 380 g/mol. The molecule has 3 N–H and O–H groups in total. The van der Waals surface area contributed by atoms with Gasteiger partial charge in [0.15, 0.2) is 10.8 Å². The number of nitriles is 2. The number of thioether (sulfide) groups is 1. The highest BCUT2D eigenvalue weighted by atomic mass is 32.2. The molecule has 0 amide bonds. The minimum absolute atomic E-state index is 0.364. The molecule has 1 spiro atoms. The van der Waals surface area contributed by atoms with Crippen molar-refractivity contribution in [2.24, 2.45) is 22.0 Å². The Morgan fingerprint density at radius 3 is 2.00 bits per heavy atom. The number of rotatable bonds is 4. The van der Waals surface area contributed by atoms with Crippen LogP contribution >= 0.6 is 11.8 Å². The van der Waals surface area contributed by atoms with Gasteiger partial charge in [-0.15, -0.1) is 0 Å². The normalized spacial score (nSPS) is 33.5. The van der Waals surface area contributed by atoms with Gasteiger partial charge < -0.3 is 4.74 Å². The third kappa shape index (κ3) is 1.96. The first-order valence-corrected chi connectivity index (χ1v) is 10.7. The molecule has 1 saturated heterocycles. The summed E-state index contributed by atoms with van der Waals surface area (Å²) in [4.78, 5) is 3.23. The summed E-state index contributed by atoms with van der Waals surface area (Å²) < 4.78 is 6.15. The Bertz CT molecular complexity index is 1020. The Hall–Kier alpha value is -2.80. The number of hydrogen-bond donors (Lipinski definition) is 2. The van der Waals surface area contributed by atoms with E-state index < -0.39 is 21.3 Å². The van der Waals surface area contributed by atoms with Gasteiger partial charge in [0.2, 0.25) is 0 Å². The first-order chi connectivity index (χ1) is 14.1. The second-order valence-corrected chi connectivity index (χ2v) is 9.25. The lowest BCUT2D eigenvalue weighted by molar-refractivity contribution is -0.585. The van der Waals surface area contributed by atoms with Crippen molar-refractivity contribution in [3.63, 3.8) is 0 Å². The van der Waals surface area contributed by atoms with E-state index in [9.17, 15) is 10.5 Å². The maximum atomic E-state index is 10.6. The number of nitrogens with two attached hydrogens (primary N) is 1. The molecule has 3 atom stereocenters. The fourth-order valence-corrected chi connectivity index (χ4v) is 7.19. The topological polar surface area (TPSA) is 96.8 Å². The Morgan fingerprint density at radius 2 is 1.55 bits per heavy atom. The summed E-state index contributed by atoms with van der Waals surface area (Å²) in [6.07, 6.45) is 1.16. The average molecular weight is 402 g/mol. The summed E-state index contributed by atoms with van der Waals surface area (Å²) in [6, 6.07) is 25.2. The van der Waals surface area contributed by atoms with Crippen LogP contribution in [-0.4, -0.2) is 23.3 Å². The molecule has 1 saturated carbocycles. The zero-order chi connectivity index (χ0) is 20.2. The molecule has 2 aromatic carbocycles. The summed E-state index contributed by atoms with van der Waals surface area (Å²) in [6.45, 7) is 0.530. The van der Waals surface area contributed by atoms with Gasteiger partial charge in [0, 0.05) is 11.2 Å². The van der Waals surface area contributed by atoms with Crippen molar-refractivity contribution < 1.29 is 9.73 Å². The quantitative estimate of drug-likeness (QED) is 0.806. The lowest BCUT2D eigenvalue weighted by atomic mass is 9.79. The van der Waals surface area contributed by atoms with E-state index in [0.29, 0.717) is 25.3 Å². The predicted octanol–water partition coefficient (Wildman–Crippen LogP) is 1.36. The second-order valence-electron chi connectivity index (χ2n) is 7.98. The largest absolute Gasteiger partial charge is 0.327 e. The fraction of sp³-hybridized carbons (Fsp3) is 0.348. The van der Waals surface area contributed by atoms with E-state index in [4.69, 9.17) is 10.5 Å². The molecule has 2 aliphatic heterocycles. The van der Waals surface area contributed by atoms with Crippen molar-refractivity contribution in [1.82, 2.24) is 0 Å². The van der Waals surface area contributed by atoms with Crippen molar-refractivity contribution >= 4 is 17.6 Å².